The van der Waals surface area contributed by atoms with E-state index in [0.717, 1.165) is 22.4 Å². The van der Waals surface area contributed by atoms with Crippen molar-refractivity contribution in [1.82, 2.24) is 0 Å². The van der Waals surface area contributed by atoms with Gasteiger partial charge in [-0.05, 0) is 74.2 Å². The van der Waals surface area contributed by atoms with Crippen LogP contribution in [-0.2, 0) is 25.8 Å². The summed E-state index contributed by atoms with van der Waals surface area (Å²) >= 11 is 0. The molecule has 6 nitrogen and oxygen atoms in total. The summed E-state index contributed by atoms with van der Waals surface area (Å²) in [7, 11) is -3.60. The molecule has 0 saturated carbocycles. The van der Waals surface area contributed by atoms with Crippen LogP contribution in [0.15, 0.2) is 41.3 Å². The van der Waals surface area contributed by atoms with E-state index >= 15 is 0 Å². The zero-order chi connectivity index (χ0) is 21.3. The van der Waals surface area contributed by atoms with Crippen LogP contribution in [0.2, 0.25) is 0 Å². The monoisotopic (exact) mass is 414 g/mol. The van der Waals surface area contributed by atoms with E-state index < -0.39 is 9.84 Å². The van der Waals surface area contributed by atoms with Gasteiger partial charge in [-0.2, -0.15) is 0 Å². The molecule has 1 aliphatic heterocycles. The molecule has 154 valence electrons. The topological polar surface area (TPSA) is 83.6 Å². The molecule has 1 atom stereocenters. The van der Waals surface area contributed by atoms with Gasteiger partial charge < -0.3 is 10.2 Å². The van der Waals surface area contributed by atoms with Crippen molar-refractivity contribution in [3.05, 3.63) is 53.1 Å². The minimum absolute atomic E-state index is 0.00389. The SMILES string of the molecule is CC(=O)N1c2ccc(S(=O)(=O)CCC(=O)Nc3ccc(C)c(C)c3)cc2CC1C. The lowest BCUT2D eigenvalue weighted by Gasteiger charge is -2.20. The molecule has 0 radical (unpaired) electrons. The van der Waals surface area contributed by atoms with Gasteiger partial charge in [-0.25, -0.2) is 8.42 Å². The summed E-state index contributed by atoms with van der Waals surface area (Å²) in [4.78, 5) is 25.9. The van der Waals surface area contributed by atoms with E-state index in [1.165, 1.54) is 13.0 Å². The number of carbonyl (C=O) groups is 2. The third-order valence-corrected chi connectivity index (χ3v) is 7.07. The highest BCUT2D eigenvalue weighted by molar-refractivity contribution is 7.91. The molecule has 2 aromatic carbocycles. The van der Waals surface area contributed by atoms with Crippen molar-refractivity contribution in [2.24, 2.45) is 0 Å². The predicted molar refractivity (Wildman–Crippen MR) is 114 cm³/mol. The second-order valence-corrected chi connectivity index (χ2v) is 9.76. The van der Waals surface area contributed by atoms with Gasteiger partial charge in [0.1, 0.15) is 0 Å². The minimum atomic E-state index is -3.60. The van der Waals surface area contributed by atoms with Crippen LogP contribution in [0.25, 0.3) is 0 Å². The maximum absolute atomic E-state index is 12.7. The Kier molecular flexibility index (Phi) is 5.80. The Hall–Kier alpha value is -2.67. The molecule has 0 spiro atoms. The molecule has 2 amide bonds. The fourth-order valence-electron chi connectivity index (χ4n) is 3.67. The van der Waals surface area contributed by atoms with Crippen molar-refractivity contribution >= 4 is 33.0 Å². The van der Waals surface area contributed by atoms with Crippen molar-refractivity contribution in [2.75, 3.05) is 16.0 Å². The second kappa shape index (κ2) is 7.99. The lowest BCUT2D eigenvalue weighted by atomic mass is 10.1. The summed E-state index contributed by atoms with van der Waals surface area (Å²) in [5, 5.41) is 2.75. The zero-order valence-electron chi connectivity index (χ0n) is 17.2. The number of carbonyl (C=O) groups excluding carboxylic acids is 2. The van der Waals surface area contributed by atoms with E-state index in [2.05, 4.69) is 5.32 Å². The number of anilines is 2. The third-order valence-electron chi connectivity index (χ3n) is 5.35. The molecule has 29 heavy (non-hydrogen) atoms. The first-order chi connectivity index (χ1) is 13.6. The number of nitrogens with zero attached hydrogens (tertiary/aromatic N) is 1. The molecule has 2 aromatic rings. The Morgan fingerprint density at radius 3 is 2.48 bits per heavy atom. The summed E-state index contributed by atoms with van der Waals surface area (Å²) < 4.78 is 25.4. The van der Waals surface area contributed by atoms with Crippen LogP contribution in [-0.4, -0.2) is 32.0 Å². The Bertz CT molecular complexity index is 1080. The summed E-state index contributed by atoms with van der Waals surface area (Å²) in [6.07, 6.45) is 0.494. The first-order valence-corrected chi connectivity index (χ1v) is 11.3. The van der Waals surface area contributed by atoms with Gasteiger partial charge in [-0.1, -0.05) is 6.07 Å². The summed E-state index contributed by atoms with van der Waals surface area (Å²) in [5.74, 6) is -0.668. The first kappa shape index (κ1) is 21.0. The number of hydrogen-bond acceptors (Lipinski definition) is 4. The fraction of sp³-hybridized carbons (Fsp3) is 0.364. The number of aryl methyl sites for hydroxylation is 2. The van der Waals surface area contributed by atoms with Crippen LogP contribution < -0.4 is 10.2 Å². The van der Waals surface area contributed by atoms with Crippen LogP contribution >= 0.6 is 0 Å². The highest BCUT2D eigenvalue weighted by Crippen LogP contribution is 2.34. The number of benzene rings is 2. The van der Waals surface area contributed by atoms with Crippen LogP contribution in [0.5, 0.6) is 0 Å². The molecule has 0 saturated heterocycles. The quantitative estimate of drug-likeness (QED) is 0.813. The van der Waals surface area contributed by atoms with Gasteiger partial charge in [0.05, 0.1) is 10.6 Å². The molecule has 1 aliphatic rings. The molecule has 0 fully saturated rings. The average molecular weight is 415 g/mol. The number of fused-ring (bicyclic) bond motifs is 1. The summed E-state index contributed by atoms with van der Waals surface area (Å²) in [5.41, 5.74) is 4.44. The summed E-state index contributed by atoms with van der Waals surface area (Å²) in [6, 6.07) is 10.4. The molecule has 3 rings (SSSR count). The van der Waals surface area contributed by atoms with Crippen molar-refractivity contribution in [3.63, 3.8) is 0 Å². The molecule has 1 heterocycles. The van der Waals surface area contributed by atoms with Crippen LogP contribution in [0.1, 0.15) is 37.0 Å². The Labute approximate surface area is 171 Å². The van der Waals surface area contributed by atoms with Gasteiger partial charge >= 0.3 is 0 Å². The molecule has 1 unspecified atom stereocenters. The van der Waals surface area contributed by atoms with Gasteiger partial charge in [0, 0.05) is 30.8 Å². The normalized spacial score (nSPS) is 15.9. The molecule has 0 bridgehead atoms. The van der Waals surface area contributed by atoms with Crippen molar-refractivity contribution in [3.8, 4) is 0 Å². The molecule has 0 aromatic heterocycles. The molecular formula is C22H26N2O4S. The molecule has 1 N–H and O–H groups in total. The van der Waals surface area contributed by atoms with Gasteiger partial charge in [0.15, 0.2) is 9.84 Å². The molecular weight excluding hydrogens is 388 g/mol. The number of hydrogen-bond donors (Lipinski definition) is 1. The number of rotatable bonds is 5. The first-order valence-electron chi connectivity index (χ1n) is 9.61. The van der Waals surface area contributed by atoms with E-state index in [4.69, 9.17) is 0 Å². The summed E-state index contributed by atoms with van der Waals surface area (Å²) in [6.45, 7) is 7.38. The molecule has 7 heteroatoms. The average Bonchev–Trinajstić information content (AvgIpc) is 2.98. The van der Waals surface area contributed by atoms with Gasteiger partial charge in [0.25, 0.3) is 0 Å². The Morgan fingerprint density at radius 2 is 1.83 bits per heavy atom. The van der Waals surface area contributed by atoms with Crippen molar-refractivity contribution in [2.45, 2.75) is 51.5 Å². The highest BCUT2D eigenvalue weighted by atomic mass is 32.2. The van der Waals surface area contributed by atoms with Crippen LogP contribution in [0.3, 0.4) is 0 Å². The van der Waals surface area contributed by atoms with E-state index in [9.17, 15) is 18.0 Å². The standard InChI is InChI=1S/C22H26N2O4S/c1-14-5-6-19(11-15(14)2)23-22(26)9-10-29(27,28)20-7-8-21-18(13-20)12-16(3)24(21)17(4)25/h5-8,11,13,16H,9-10,12H2,1-4H3,(H,23,26). The van der Waals surface area contributed by atoms with E-state index in [1.54, 1.807) is 23.1 Å². The largest absolute Gasteiger partial charge is 0.326 e. The van der Waals surface area contributed by atoms with Gasteiger partial charge in [0.2, 0.25) is 11.8 Å². The third kappa shape index (κ3) is 4.50. The maximum Gasteiger partial charge on any atom is 0.225 e. The van der Waals surface area contributed by atoms with Gasteiger partial charge in [-0.3, -0.25) is 9.59 Å². The second-order valence-electron chi connectivity index (χ2n) is 7.65. The number of nitrogens with one attached hydrogen (secondary N) is 1. The smallest absolute Gasteiger partial charge is 0.225 e. The minimum Gasteiger partial charge on any atom is -0.326 e. The van der Waals surface area contributed by atoms with E-state index in [-0.39, 0.29) is 34.9 Å². The Morgan fingerprint density at radius 1 is 1.10 bits per heavy atom. The van der Waals surface area contributed by atoms with E-state index in [0.29, 0.717) is 12.1 Å². The number of sulfone groups is 1. The Balaban J connectivity index is 1.68. The van der Waals surface area contributed by atoms with E-state index in [1.807, 2.05) is 32.9 Å². The van der Waals surface area contributed by atoms with Crippen LogP contribution in [0.4, 0.5) is 11.4 Å². The fourth-order valence-corrected chi connectivity index (χ4v) is 4.96. The van der Waals surface area contributed by atoms with Crippen molar-refractivity contribution in [1.29, 1.82) is 0 Å². The maximum atomic E-state index is 12.7. The lowest BCUT2D eigenvalue weighted by Crippen LogP contribution is -2.33. The lowest BCUT2D eigenvalue weighted by molar-refractivity contribution is -0.117. The zero-order valence-corrected chi connectivity index (χ0v) is 18.0. The molecule has 0 aliphatic carbocycles. The number of amides is 2. The highest BCUT2D eigenvalue weighted by Gasteiger charge is 2.30. The van der Waals surface area contributed by atoms with Crippen molar-refractivity contribution < 1.29 is 18.0 Å². The van der Waals surface area contributed by atoms with Gasteiger partial charge in [-0.15, -0.1) is 0 Å². The predicted octanol–water partition coefficient (Wildman–Crippen LogP) is 3.40. The van der Waals surface area contributed by atoms with Crippen LogP contribution in [0, 0.1) is 13.8 Å².